The van der Waals surface area contributed by atoms with Gasteiger partial charge >= 0.3 is 0 Å². The number of amides is 1. The van der Waals surface area contributed by atoms with Crippen LogP contribution in [-0.2, 0) is 4.79 Å². The zero-order valence-electron chi connectivity index (χ0n) is 13.2. The zero-order chi connectivity index (χ0) is 15.2. The molecule has 1 aliphatic carbocycles. The van der Waals surface area contributed by atoms with Crippen LogP contribution < -0.4 is 15.4 Å². The van der Waals surface area contributed by atoms with Gasteiger partial charge in [-0.15, -0.1) is 0 Å². The number of nitrogens with one attached hydrogen (secondary N) is 2. The van der Waals surface area contributed by atoms with Gasteiger partial charge in [0.25, 0.3) is 5.91 Å². The van der Waals surface area contributed by atoms with Gasteiger partial charge in [-0.1, -0.05) is 26.7 Å². The molecule has 2 rings (SSSR count). The topological polar surface area (TPSA) is 50.4 Å². The van der Waals surface area contributed by atoms with Gasteiger partial charge in [0.2, 0.25) is 0 Å². The van der Waals surface area contributed by atoms with Crippen LogP contribution in [0.4, 0.5) is 5.69 Å². The summed E-state index contributed by atoms with van der Waals surface area (Å²) in [6.07, 6.45) is 3.54. The van der Waals surface area contributed by atoms with E-state index in [0.29, 0.717) is 17.6 Å². The number of anilines is 1. The molecule has 1 saturated carbocycles. The van der Waals surface area contributed by atoms with Gasteiger partial charge in [-0.05, 0) is 42.5 Å². The summed E-state index contributed by atoms with van der Waals surface area (Å²) in [6.45, 7) is 4.57. The largest absolute Gasteiger partial charge is 0.484 e. The first-order valence-corrected chi connectivity index (χ1v) is 7.80. The first kappa shape index (κ1) is 15.7. The second kappa shape index (κ2) is 7.34. The summed E-state index contributed by atoms with van der Waals surface area (Å²) >= 11 is 0. The highest BCUT2D eigenvalue weighted by atomic mass is 16.5. The van der Waals surface area contributed by atoms with Crippen molar-refractivity contribution in [2.24, 2.45) is 11.8 Å². The normalized spacial score (nSPS) is 25.2. The lowest BCUT2D eigenvalue weighted by molar-refractivity contribution is -0.124. The molecule has 2 N–H and O–H groups in total. The summed E-state index contributed by atoms with van der Waals surface area (Å²) in [4.78, 5) is 12.0. The molecule has 0 bridgehead atoms. The summed E-state index contributed by atoms with van der Waals surface area (Å²) in [6, 6.07) is 7.88. The fourth-order valence-electron chi connectivity index (χ4n) is 2.90. The molecule has 0 aromatic heterocycles. The van der Waals surface area contributed by atoms with Crippen LogP contribution in [0.3, 0.4) is 0 Å². The highest BCUT2D eigenvalue weighted by Gasteiger charge is 2.28. The molecule has 0 heterocycles. The van der Waals surface area contributed by atoms with Gasteiger partial charge in [0.15, 0.2) is 6.61 Å². The quantitative estimate of drug-likeness (QED) is 0.876. The van der Waals surface area contributed by atoms with E-state index < -0.39 is 0 Å². The van der Waals surface area contributed by atoms with E-state index >= 15 is 0 Å². The van der Waals surface area contributed by atoms with Gasteiger partial charge in [-0.25, -0.2) is 0 Å². The van der Waals surface area contributed by atoms with Gasteiger partial charge in [0.1, 0.15) is 5.75 Å². The second-order valence-electron chi connectivity index (χ2n) is 6.00. The van der Waals surface area contributed by atoms with Crippen LogP contribution in [0.2, 0.25) is 0 Å². The zero-order valence-corrected chi connectivity index (χ0v) is 13.2. The van der Waals surface area contributed by atoms with Gasteiger partial charge in [0.05, 0.1) is 0 Å². The van der Waals surface area contributed by atoms with Crippen molar-refractivity contribution in [1.82, 2.24) is 5.32 Å². The van der Waals surface area contributed by atoms with E-state index in [0.717, 1.165) is 12.1 Å². The number of ether oxygens (including phenoxy) is 1. The molecule has 4 heteroatoms. The molecule has 1 aromatic rings. The van der Waals surface area contributed by atoms with Crippen molar-refractivity contribution in [2.75, 3.05) is 19.0 Å². The highest BCUT2D eigenvalue weighted by molar-refractivity contribution is 5.77. The standard InChI is InChI=1S/C17H26N2O2/c1-12-5-4-6-16(13(12)2)19-17(20)11-21-15-9-7-14(18-3)8-10-15/h7-10,12-13,16,18H,4-6,11H2,1-3H3,(H,19,20). The fourth-order valence-corrected chi connectivity index (χ4v) is 2.90. The lowest BCUT2D eigenvalue weighted by Gasteiger charge is -2.34. The minimum absolute atomic E-state index is 0.0290. The summed E-state index contributed by atoms with van der Waals surface area (Å²) in [5, 5.41) is 6.16. The van der Waals surface area contributed by atoms with Crippen molar-refractivity contribution in [2.45, 2.75) is 39.2 Å². The van der Waals surface area contributed by atoms with Crippen molar-refractivity contribution in [3.05, 3.63) is 24.3 Å². The Morgan fingerprint density at radius 2 is 1.95 bits per heavy atom. The van der Waals surface area contributed by atoms with Crippen molar-refractivity contribution in [3.63, 3.8) is 0 Å². The number of benzene rings is 1. The molecule has 3 unspecified atom stereocenters. The predicted octanol–water partition coefficient (Wildman–Crippen LogP) is 3.05. The molecule has 1 fully saturated rings. The first-order valence-electron chi connectivity index (χ1n) is 7.80. The van der Waals surface area contributed by atoms with Crippen molar-refractivity contribution in [3.8, 4) is 5.75 Å². The Balaban J connectivity index is 1.78. The van der Waals surface area contributed by atoms with E-state index in [9.17, 15) is 4.79 Å². The van der Waals surface area contributed by atoms with Crippen LogP contribution >= 0.6 is 0 Å². The van der Waals surface area contributed by atoms with Crippen molar-refractivity contribution >= 4 is 11.6 Å². The average Bonchev–Trinajstić information content (AvgIpc) is 2.50. The van der Waals surface area contributed by atoms with Gasteiger partial charge < -0.3 is 15.4 Å². The lowest BCUT2D eigenvalue weighted by Crippen LogP contribution is -2.45. The fraction of sp³-hybridized carbons (Fsp3) is 0.588. The summed E-state index contributed by atoms with van der Waals surface area (Å²) < 4.78 is 5.53. The third kappa shape index (κ3) is 4.38. The number of carbonyl (C=O) groups excluding carboxylic acids is 1. The van der Waals surface area contributed by atoms with Crippen molar-refractivity contribution < 1.29 is 9.53 Å². The van der Waals surface area contributed by atoms with E-state index in [4.69, 9.17) is 4.74 Å². The van der Waals surface area contributed by atoms with Crippen LogP contribution in [-0.4, -0.2) is 25.6 Å². The summed E-state index contributed by atoms with van der Waals surface area (Å²) in [7, 11) is 1.87. The Morgan fingerprint density at radius 1 is 1.24 bits per heavy atom. The summed E-state index contributed by atoms with van der Waals surface area (Å²) in [5.41, 5.74) is 1.02. The van der Waals surface area contributed by atoms with Crippen LogP contribution in [0.1, 0.15) is 33.1 Å². The molecular weight excluding hydrogens is 264 g/mol. The Hall–Kier alpha value is -1.71. The van der Waals surface area contributed by atoms with E-state index in [-0.39, 0.29) is 18.6 Å². The predicted molar refractivity (Wildman–Crippen MR) is 85.6 cm³/mol. The Labute approximate surface area is 127 Å². The number of hydrogen-bond donors (Lipinski definition) is 2. The summed E-state index contributed by atoms with van der Waals surface area (Å²) in [5.74, 6) is 1.91. The average molecular weight is 290 g/mol. The SMILES string of the molecule is CNc1ccc(OCC(=O)NC2CCCC(C)C2C)cc1. The Bertz CT molecular complexity index is 458. The van der Waals surface area contributed by atoms with Gasteiger partial charge in [-0.3, -0.25) is 4.79 Å². The Kier molecular flexibility index (Phi) is 5.48. The number of hydrogen-bond acceptors (Lipinski definition) is 3. The van der Waals surface area contributed by atoms with E-state index in [1.807, 2.05) is 31.3 Å². The van der Waals surface area contributed by atoms with Crippen LogP contribution in [0.25, 0.3) is 0 Å². The maximum absolute atomic E-state index is 12.0. The molecule has 3 atom stereocenters. The molecule has 4 nitrogen and oxygen atoms in total. The highest BCUT2D eigenvalue weighted by Crippen LogP contribution is 2.29. The third-order valence-electron chi connectivity index (χ3n) is 4.57. The maximum Gasteiger partial charge on any atom is 0.258 e. The molecule has 0 spiro atoms. The van der Waals surface area contributed by atoms with Gasteiger partial charge in [-0.2, -0.15) is 0 Å². The molecular formula is C17H26N2O2. The Morgan fingerprint density at radius 3 is 2.62 bits per heavy atom. The number of rotatable bonds is 5. The van der Waals surface area contributed by atoms with E-state index in [1.165, 1.54) is 12.8 Å². The first-order chi connectivity index (χ1) is 10.1. The van der Waals surface area contributed by atoms with E-state index in [1.54, 1.807) is 0 Å². The molecule has 0 aliphatic heterocycles. The van der Waals surface area contributed by atoms with Crippen LogP contribution in [0, 0.1) is 11.8 Å². The van der Waals surface area contributed by atoms with Gasteiger partial charge in [0, 0.05) is 18.8 Å². The third-order valence-corrected chi connectivity index (χ3v) is 4.57. The maximum atomic E-state index is 12.0. The van der Waals surface area contributed by atoms with Crippen molar-refractivity contribution in [1.29, 1.82) is 0 Å². The second-order valence-corrected chi connectivity index (χ2v) is 6.00. The molecule has 21 heavy (non-hydrogen) atoms. The smallest absolute Gasteiger partial charge is 0.258 e. The molecule has 0 saturated heterocycles. The lowest BCUT2D eigenvalue weighted by atomic mass is 9.78. The number of carbonyl (C=O) groups is 1. The molecule has 0 radical (unpaired) electrons. The molecule has 1 aromatic carbocycles. The monoisotopic (exact) mass is 290 g/mol. The molecule has 1 aliphatic rings. The molecule has 1 amide bonds. The minimum atomic E-state index is -0.0290. The van der Waals surface area contributed by atoms with Crippen LogP contribution in [0.15, 0.2) is 24.3 Å². The molecule has 116 valence electrons. The van der Waals surface area contributed by atoms with Crippen LogP contribution in [0.5, 0.6) is 5.75 Å². The van der Waals surface area contributed by atoms with E-state index in [2.05, 4.69) is 24.5 Å². The minimum Gasteiger partial charge on any atom is -0.484 e.